The molecule has 1 saturated heterocycles. The summed E-state index contributed by atoms with van der Waals surface area (Å²) in [4.78, 5) is 14.5. The zero-order valence-corrected chi connectivity index (χ0v) is 16.1. The number of ether oxygens (including phenoxy) is 3. The number of carbonyl (C=O) groups is 1. The molecule has 1 unspecified atom stereocenters. The first-order chi connectivity index (χ1) is 13.6. The van der Waals surface area contributed by atoms with E-state index in [2.05, 4.69) is 0 Å². The predicted molar refractivity (Wildman–Crippen MR) is 105 cm³/mol. The highest BCUT2D eigenvalue weighted by Gasteiger charge is 2.27. The zero-order valence-electron chi connectivity index (χ0n) is 16.1. The molecule has 0 saturated carbocycles. The first kappa shape index (κ1) is 19.9. The number of amides is 1. The van der Waals surface area contributed by atoms with Gasteiger partial charge >= 0.3 is 0 Å². The van der Waals surface area contributed by atoms with Crippen LogP contribution in [0.15, 0.2) is 48.5 Å². The fourth-order valence-corrected chi connectivity index (χ4v) is 3.15. The highest BCUT2D eigenvalue weighted by molar-refractivity contribution is 5.92. The summed E-state index contributed by atoms with van der Waals surface area (Å²) in [6.45, 7) is 3.81. The summed E-state index contributed by atoms with van der Waals surface area (Å²) in [6.07, 6.45) is 3.29. The van der Waals surface area contributed by atoms with Crippen LogP contribution in [0.1, 0.15) is 24.1 Å². The van der Waals surface area contributed by atoms with Crippen LogP contribution in [-0.2, 0) is 9.53 Å². The van der Waals surface area contributed by atoms with E-state index in [1.807, 2.05) is 25.1 Å². The van der Waals surface area contributed by atoms with Gasteiger partial charge < -0.3 is 19.1 Å². The lowest BCUT2D eigenvalue weighted by atomic mass is 10.0. The molecule has 1 fully saturated rings. The molecule has 0 radical (unpaired) electrons. The van der Waals surface area contributed by atoms with E-state index in [-0.39, 0.29) is 17.8 Å². The van der Waals surface area contributed by atoms with E-state index in [1.54, 1.807) is 30.2 Å². The molecule has 0 N–H and O–H groups in total. The van der Waals surface area contributed by atoms with Crippen molar-refractivity contribution in [2.24, 2.45) is 0 Å². The second-order valence-corrected chi connectivity index (χ2v) is 6.35. The number of hydrogen-bond donors (Lipinski definition) is 0. The van der Waals surface area contributed by atoms with Gasteiger partial charge in [-0.25, -0.2) is 4.39 Å². The highest BCUT2D eigenvalue weighted by atomic mass is 19.1. The monoisotopic (exact) mass is 385 g/mol. The van der Waals surface area contributed by atoms with Gasteiger partial charge in [0.25, 0.3) is 0 Å². The van der Waals surface area contributed by atoms with E-state index in [1.165, 1.54) is 18.2 Å². The number of halogens is 1. The molecule has 0 bridgehead atoms. The quantitative estimate of drug-likeness (QED) is 0.709. The third kappa shape index (κ3) is 4.70. The zero-order chi connectivity index (χ0) is 19.9. The number of rotatable bonds is 6. The summed E-state index contributed by atoms with van der Waals surface area (Å²) in [5.74, 6) is 0.859. The molecule has 6 heteroatoms. The minimum atomic E-state index is -0.303. The molecule has 2 aromatic rings. The third-order valence-corrected chi connectivity index (χ3v) is 4.57. The molecule has 1 aliphatic heterocycles. The Morgan fingerprint density at radius 2 is 2.04 bits per heavy atom. The standard InChI is InChI=1S/C22H24FNO4/c1-3-28-20-10-4-16(14-21(20)26-2)5-11-22(25)24-12-13-27-15-19(24)17-6-8-18(23)9-7-17/h4-11,14,19H,3,12-13,15H2,1-2H3. The maximum Gasteiger partial charge on any atom is 0.247 e. The van der Waals surface area contributed by atoms with Crippen LogP contribution in [0.3, 0.4) is 0 Å². The molecule has 2 aromatic carbocycles. The molecule has 1 heterocycles. The first-order valence-electron chi connectivity index (χ1n) is 9.25. The normalized spacial score (nSPS) is 17.0. The molecule has 5 nitrogen and oxygen atoms in total. The molecule has 1 atom stereocenters. The SMILES string of the molecule is CCOc1ccc(C=CC(=O)N2CCOCC2c2ccc(F)cc2)cc1OC. The average molecular weight is 385 g/mol. The second-order valence-electron chi connectivity index (χ2n) is 6.35. The molecule has 1 amide bonds. The summed E-state index contributed by atoms with van der Waals surface area (Å²) in [6, 6.07) is 11.5. The topological polar surface area (TPSA) is 48.0 Å². The number of methoxy groups -OCH3 is 1. The lowest BCUT2D eigenvalue weighted by molar-refractivity contribution is -0.134. The number of nitrogens with zero attached hydrogens (tertiary/aromatic N) is 1. The Kier molecular flexibility index (Phi) is 6.66. The largest absolute Gasteiger partial charge is 0.493 e. The van der Waals surface area contributed by atoms with Crippen molar-refractivity contribution in [1.82, 2.24) is 4.90 Å². The van der Waals surface area contributed by atoms with Crippen LogP contribution >= 0.6 is 0 Å². The summed E-state index contributed by atoms with van der Waals surface area (Å²) >= 11 is 0. The highest BCUT2D eigenvalue weighted by Crippen LogP contribution is 2.29. The van der Waals surface area contributed by atoms with Gasteiger partial charge in [-0.05, 0) is 48.4 Å². The summed E-state index contributed by atoms with van der Waals surface area (Å²) in [7, 11) is 1.58. The summed E-state index contributed by atoms with van der Waals surface area (Å²) < 4.78 is 29.6. The van der Waals surface area contributed by atoms with Crippen molar-refractivity contribution in [2.45, 2.75) is 13.0 Å². The molecule has 148 valence electrons. The Morgan fingerprint density at radius 3 is 2.75 bits per heavy atom. The Morgan fingerprint density at radius 1 is 1.25 bits per heavy atom. The van der Waals surface area contributed by atoms with Crippen LogP contribution in [0.5, 0.6) is 11.5 Å². The number of morpholine rings is 1. The van der Waals surface area contributed by atoms with Crippen LogP contribution in [-0.4, -0.2) is 44.3 Å². The minimum Gasteiger partial charge on any atom is -0.493 e. The lowest BCUT2D eigenvalue weighted by Crippen LogP contribution is -2.42. The fraction of sp³-hybridized carbons (Fsp3) is 0.318. The van der Waals surface area contributed by atoms with Crippen LogP contribution in [0, 0.1) is 5.82 Å². The van der Waals surface area contributed by atoms with E-state index in [0.717, 1.165) is 11.1 Å². The van der Waals surface area contributed by atoms with Crippen molar-refractivity contribution in [3.63, 3.8) is 0 Å². The van der Waals surface area contributed by atoms with E-state index in [9.17, 15) is 9.18 Å². The van der Waals surface area contributed by atoms with Crippen molar-refractivity contribution >= 4 is 12.0 Å². The van der Waals surface area contributed by atoms with Crippen molar-refractivity contribution < 1.29 is 23.4 Å². The lowest BCUT2D eigenvalue weighted by Gasteiger charge is -2.35. The smallest absolute Gasteiger partial charge is 0.247 e. The number of benzene rings is 2. The molecule has 1 aliphatic rings. The maximum absolute atomic E-state index is 13.2. The van der Waals surface area contributed by atoms with Crippen LogP contribution < -0.4 is 9.47 Å². The van der Waals surface area contributed by atoms with Gasteiger partial charge in [-0.2, -0.15) is 0 Å². The minimum absolute atomic E-state index is 0.120. The first-order valence-corrected chi connectivity index (χ1v) is 9.25. The maximum atomic E-state index is 13.2. The van der Waals surface area contributed by atoms with Gasteiger partial charge in [0.05, 0.1) is 33.0 Å². The van der Waals surface area contributed by atoms with Crippen LogP contribution in [0.4, 0.5) is 4.39 Å². The van der Waals surface area contributed by atoms with Gasteiger partial charge in [0.1, 0.15) is 5.82 Å². The van der Waals surface area contributed by atoms with Crippen LogP contribution in [0.2, 0.25) is 0 Å². The van der Waals surface area contributed by atoms with Gasteiger partial charge in [0, 0.05) is 12.6 Å². The molecular weight excluding hydrogens is 361 g/mol. The van der Waals surface area contributed by atoms with Gasteiger partial charge in [-0.3, -0.25) is 4.79 Å². The van der Waals surface area contributed by atoms with Gasteiger partial charge in [0.15, 0.2) is 11.5 Å². The van der Waals surface area contributed by atoms with Gasteiger partial charge in [-0.1, -0.05) is 18.2 Å². The van der Waals surface area contributed by atoms with E-state index < -0.39 is 0 Å². The van der Waals surface area contributed by atoms with Crippen LogP contribution in [0.25, 0.3) is 6.08 Å². The second kappa shape index (κ2) is 9.37. The van der Waals surface area contributed by atoms with Crippen molar-refractivity contribution in [1.29, 1.82) is 0 Å². The Bertz CT molecular complexity index is 835. The Hall–Kier alpha value is -2.86. The van der Waals surface area contributed by atoms with Crippen molar-refractivity contribution in [3.05, 3.63) is 65.5 Å². The Balaban J connectivity index is 1.75. The molecular formula is C22H24FNO4. The molecule has 0 aliphatic carbocycles. The summed E-state index contributed by atoms with van der Waals surface area (Å²) in [5, 5.41) is 0. The van der Waals surface area contributed by atoms with E-state index in [4.69, 9.17) is 14.2 Å². The Labute approximate surface area is 164 Å². The van der Waals surface area contributed by atoms with Gasteiger partial charge in [0.2, 0.25) is 5.91 Å². The van der Waals surface area contributed by atoms with E-state index in [0.29, 0.717) is 37.9 Å². The molecule has 0 spiro atoms. The number of hydrogen-bond acceptors (Lipinski definition) is 4. The number of carbonyl (C=O) groups excluding carboxylic acids is 1. The van der Waals surface area contributed by atoms with Crippen molar-refractivity contribution in [3.8, 4) is 11.5 Å². The molecule has 0 aromatic heterocycles. The summed E-state index contributed by atoms with van der Waals surface area (Å²) in [5.41, 5.74) is 1.69. The predicted octanol–water partition coefficient (Wildman–Crippen LogP) is 3.85. The molecule has 3 rings (SSSR count). The fourth-order valence-electron chi connectivity index (χ4n) is 3.15. The van der Waals surface area contributed by atoms with E-state index >= 15 is 0 Å². The van der Waals surface area contributed by atoms with Gasteiger partial charge in [-0.15, -0.1) is 0 Å². The van der Waals surface area contributed by atoms with Crippen molar-refractivity contribution in [2.75, 3.05) is 33.5 Å². The average Bonchev–Trinajstić information content (AvgIpc) is 2.73. The molecule has 28 heavy (non-hydrogen) atoms. The third-order valence-electron chi connectivity index (χ3n) is 4.57.